The second-order valence-corrected chi connectivity index (χ2v) is 20.6. The van der Waals surface area contributed by atoms with Gasteiger partial charge in [-0.05, 0) is 116 Å². The van der Waals surface area contributed by atoms with Gasteiger partial charge in [0.2, 0.25) is 0 Å². The van der Waals surface area contributed by atoms with Gasteiger partial charge in [0.1, 0.15) is 34.2 Å². The molecule has 0 N–H and O–H groups in total. The van der Waals surface area contributed by atoms with E-state index >= 15 is 0 Å². The third-order valence-electron chi connectivity index (χ3n) is 10.7. The van der Waals surface area contributed by atoms with Crippen molar-refractivity contribution in [2.45, 2.75) is 142 Å². The van der Waals surface area contributed by atoms with Crippen molar-refractivity contribution in [3.05, 3.63) is 9.81 Å². The molecular weight excluding hydrogens is 812 g/mol. The van der Waals surface area contributed by atoms with Crippen LogP contribution in [0.15, 0.2) is 9.81 Å². The number of alkyl halides is 1. The van der Waals surface area contributed by atoms with Gasteiger partial charge < -0.3 is 9.47 Å². The molecule has 3 aliphatic carbocycles. The molecule has 0 aromatic carbocycles. The number of hydrogen-bond acceptors (Lipinski definition) is 11. The van der Waals surface area contributed by atoms with Crippen LogP contribution in [0, 0.1) is 11.3 Å². The fraction of sp³-hybridized carbons (Fsp3) is 0.769. The van der Waals surface area contributed by atoms with Crippen molar-refractivity contribution in [3.63, 3.8) is 0 Å². The maximum Gasteiger partial charge on any atom is 0.334 e. The number of ether oxygens (including phenoxy) is 2. The molecule has 5 aliphatic rings. The summed E-state index contributed by atoms with van der Waals surface area (Å²) in [7, 11) is 1.45. The summed E-state index contributed by atoms with van der Waals surface area (Å²) in [6, 6.07) is -1.38. The van der Waals surface area contributed by atoms with Gasteiger partial charge in [-0.15, -0.1) is 23.5 Å². The van der Waals surface area contributed by atoms with E-state index in [1.807, 2.05) is 34.6 Å². The molecule has 0 aromatic rings. The minimum Gasteiger partial charge on any atom is -0.459 e. The number of imide groups is 3. The van der Waals surface area contributed by atoms with Gasteiger partial charge in [-0.3, -0.25) is 43.6 Å². The molecule has 2 aliphatic heterocycles. The highest BCUT2D eigenvalue weighted by atomic mass is 79.9. The lowest BCUT2D eigenvalue weighted by molar-refractivity contribution is -0.162. The Kier molecular flexibility index (Phi) is 14.7. The van der Waals surface area contributed by atoms with E-state index in [-0.39, 0.29) is 52.3 Å². The molecule has 5 fully saturated rings. The zero-order valence-corrected chi connectivity index (χ0v) is 37.1. The molecule has 0 aromatic heterocycles. The molecule has 16 heteroatoms. The zero-order valence-electron chi connectivity index (χ0n) is 33.9. The summed E-state index contributed by atoms with van der Waals surface area (Å²) in [4.78, 5) is 96.7. The summed E-state index contributed by atoms with van der Waals surface area (Å²) < 4.78 is 11.0. The molecule has 7 amide bonds. The van der Waals surface area contributed by atoms with Crippen LogP contribution in [0.3, 0.4) is 0 Å². The standard InChI is InChI=1S/C33H48N4O7S2.C6H11BrO2/c1-7-45-27(46-8-2)24-25(39)35(17-21-11-9-10-12-21)30(43)37(26(24)40)22-13-15-32(16-14-22)19-33(20-32)28(41)34(6)29(42)36(33)18-23(38)44-31(3,4)5;1-6(2,3)9-5(8)4-7/h21-22H,7-20H2,1-6H3;4H2,1-3H3. The van der Waals surface area contributed by atoms with E-state index in [0.29, 0.717) is 60.8 Å². The predicted octanol–water partition coefficient (Wildman–Crippen LogP) is 7.11. The molecule has 2 saturated heterocycles. The predicted molar refractivity (Wildman–Crippen MR) is 216 cm³/mol. The Morgan fingerprint density at radius 1 is 0.800 bits per heavy atom. The third kappa shape index (κ3) is 10.3. The molecule has 308 valence electrons. The average molecular weight is 872 g/mol. The summed E-state index contributed by atoms with van der Waals surface area (Å²) in [6.07, 6.45) is 7.39. The molecule has 0 bridgehead atoms. The number of barbiturate groups is 1. The minimum atomic E-state index is -1.09. The molecule has 3 saturated carbocycles. The Balaban J connectivity index is 0.000000665. The first-order chi connectivity index (χ1) is 25.6. The van der Waals surface area contributed by atoms with Crippen molar-refractivity contribution in [1.82, 2.24) is 19.6 Å². The van der Waals surface area contributed by atoms with Crippen molar-refractivity contribution >= 4 is 81.2 Å². The first-order valence-corrected chi connectivity index (χ1v) is 22.5. The van der Waals surface area contributed by atoms with Gasteiger partial charge in [-0.2, -0.15) is 0 Å². The monoisotopic (exact) mass is 870 g/mol. The smallest absolute Gasteiger partial charge is 0.334 e. The number of rotatable bonds is 10. The van der Waals surface area contributed by atoms with Crippen LogP contribution in [0.4, 0.5) is 9.59 Å². The number of hydrogen-bond donors (Lipinski definition) is 0. The van der Waals surface area contributed by atoms with Gasteiger partial charge in [-0.25, -0.2) is 9.59 Å². The lowest BCUT2D eigenvalue weighted by Gasteiger charge is -2.58. The van der Waals surface area contributed by atoms with E-state index in [1.165, 1.54) is 45.3 Å². The number of likely N-dealkylation sites (N-methyl/N-ethyl adjacent to an activating group) is 1. The molecule has 0 unspecified atom stereocenters. The third-order valence-corrected chi connectivity index (χ3v) is 13.4. The van der Waals surface area contributed by atoms with Crippen molar-refractivity contribution in [2.24, 2.45) is 11.3 Å². The van der Waals surface area contributed by atoms with Gasteiger partial charge in [0.05, 0.1) is 4.24 Å². The molecule has 13 nitrogen and oxygen atoms in total. The molecular formula is C39H59BrN4O9S2. The first-order valence-electron chi connectivity index (χ1n) is 19.4. The highest BCUT2D eigenvalue weighted by molar-refractivity contribution is 9.09. The summed E-state index contributed by atoms with van der Waals surface area (Å²) in [6.45, 7) is 14.8. The van der Waals surface area contributed by atoms with Crippen LogP contribution in [-0.4, -0.2) is 121 Å². The number of amides is 7. The Bertz CT molecular complexity index is 1540. The van der Waals surface area contributed by atoms with Crippen LogP contribution in [0.1, 0.15) is 120 Å². The average Bonchev–Trinajstić information content (AvgIpc) is 3.65. The summed E-state index contributed by atoms with van der Waals surface area (Å²) in [5.74, 6) is -0.389. The molecule has 2 heterocycles. The van der Waals surface area contributed by atoms with Crippen LogP contribution < -0.4 is 0 Å². The van der Waals surface area contributed by atoms with Crippen LogP contribution in [0.25, 0.3) is 0 Å². The van der Waals surface area contributed by atoms with E-state index in [4.69, 9.17) is 9.47 Å². The van der Waals surface area contributed by atoms with Crippen molar-refractivity contribution < 1.29 is 43.0 Å². The molecule has 0 atom stereocenters. The zero-order chi connectivity index (χ0) is 41.1. The van der Waals surface area contributed by atoms with Gasteiger partial charge in [0, 0.05) is 19.6 Å². The Hall–Kier alpha value is -2.59. The number of esters is 2. The number of nitrogens with zero attached hydrogens (tertiary/aromatic N) is 4. The normalized spacial score (nSPS) is 26.2. The highest BCUT2D eigenvalue weighted by Gasteiger charge is 2.68. The van der Waals surface area contributed by atoms with E-state index in [1.54, 1.807) is 20.8 Å². The van der Waals surface area contributed by atoms with E-state index in [0.717, 1.165) is 30.6 Å². The molecule has 5 rings (SSSR count). The number of thioether (sulfide) groups is 2. The Morgan fingerprint density at radius 3 is 1.80 bits per heavy atom. The number of urea groups is 2. The summed E-state index contributed by atoms with van der Waals surface area (Å²) in [5.41, 5.74) is -2.29. The molecule has 0 radical (unpaired) electrons. The van der Waals surface area contributed by atoms with Crippen LogP contribution in [0.5, 0.6) is 0 Å². The lowest BCUT2D eigenvalue weighted by Crippen LogP contribution is -2.66. The van der Waals surface area contributed by atoms with Crippen molar-refractivity contribution in [1.29, 1.82) is 0 Å². The maximum absolute atomic E-state index is 14.1. The highest BCUT2D eigenvalue weighted by Crippen LogP contribution is 2.61. The van der Waals surface area contributed by atoms with E-state index in [9.17, 15) is 33.6 Å². The fourth-order valence-electron chi connectivity index (χ4n) is 8.53. The molecule has 55 heavy (non-hydrogen) atoms. The van der Waals surface area contributed by atoms with Gasteiger partial charge in [-0.1, -0.05) is 42.6 Å². The first kappa shape index (κ1) is 45.1. The minimum absolute atomic E-state index is 0.120. The molecule has 2 spiro atoms. The lowest BCUT2D eigenvalue weighted by atomic mass is 9.51. The summed E-state index contributed by atoms with van der Waals surface area (Å²) in [5, 5.41) is 0.268. The van der Waals surface area contributed by atoms with E-state index < -0.39 is 41.0 Å². The van der Waals surface area contributed by atoms with Crippen molar-refractivity contribution in [2.75, 3.05) is 37.0 Å². The maximum atomic E-state index is 14.1. The van der Waals surface area contributed by atoms with Gasteiger partial charge in [0.25, 0.3) is 17.7 Å². The second kappa shape index (κ2) is 17.9. The largest absolute Gasteiger partial charge is 0.459 e. The number of halogens is 1. The van der Waals surface area contributed by atoms with Gasteiger partial charge >= 0.3 is 24.0 Å². The summed E-state index contributed by atoms with van der Waals surface area (Å²) >= 11 is 5.94. The fourth-order valence-corrected chi connectivity index (χ4v) is 10.9. The second-order valence-electron chi connectivity index (χ2n) is 17.2. The van der Waals surface area contributed by atoms with Crippen LogP contribution in [-0.2, 0) is 33.4 Å². The Morgan fingerprint density at radius 2 is 1.33 bits per heavy atom. The Labute approximate surface area is 342 Å². The number of carbonyl (C=O) groups is 7. The topological polar surface area (TPSA) is 151 Å². The van der Waals surface area contributed by atoms with Crippen molar-refractivity contribution in [3.8, 4) is 0 Å². The van der Waals surface area contributed by atoms with Crippen LogP contribution >= 0.6 is 39.5 Å². The SMILES string of the molecule is CC(C)(C)OC(=O)CBr.CCSC(SCC)=C1C(=O)N(CC2CCCC2)C(=O)N(C2CCC3(CC2)CC2(C3)C(=O)N(C)C(=O)N2CC(=O)OC(C)(C)C)C1=O. The van der Waals surface area contributed by atoms with E-state index in [2.05, 4.69) is 15.9 Å². The van der Waals surface area contributed by atoms with Gasteiger partial charge in [0.15, 0.2) is 0 Å². The number of carbonyl (C=O) groups excluding carboxylic acids is 7. The van der Waals surface area contributed by atoms with Crippen LogP contribution in [0.2, 0.25) is 0 Å². The quantitative estimate of drug-likeness (QED) is 0.0727.